The Labute approximate surface area is 135 Å². The van der Waals surface area contributed by atoms with Crippen LogP contribution in [0.4, 0.5) is 0 Å². The molecule has 4 rings (SSSR count). The molecule has 114 valence electrons. The lowest BCUT2D eigenvalue weighted by atomic mass is 10.0. The van der Waals surface area contributed by atoms with Gasteiger partial charge in [0.05, 0.1) is 16.7 Å². The Morgan fingerprint density at radius 2 is 1.61 bits per heavy atom. The molecule has 0 radical (unpaired) electrons. The van der Waals surface area contributed by atoms with E-state index >= 15 is 0 Å². The van der Waals surface area contributed by atoms with Crippen molar-refractivity contribution in [1.29, 1.82) is 0 Å². The van der Waals surface area contributed by atoms with E-state index in [4.69, 9.17) is 0 Å². The SMILES string of the molecule is Cc1nc2ccc(-c3ccccc3-n3c(C)ccc3C)cc2[nH]1. The van der Waals surface area contributed by atoms with Gasteiger partial charge in [0.25, 0.3) is 0 Å². The first-order valence-electron chi connectivity index (χ1n) is 7.84. The van der Waals surface area contributed by atoms with Crippen LogP contribution in [-0.4, -0.2) is 14.5 Å². The van der Waals surface area contributed by atoms with Crippen LogP contribution >= 0.6 is 0 Å². The van der Waals surface area contributed by atoms with Crippen LogP contribution in [0.5, 0.6) is 0 Å². The summed E-state index contributed by atoms with van der Waals surface area (Å²) in [4.78, 5) is 7.82. The summed E-state index contributed by atoms with van der Waals surface area (Å²) in [6.45, 7) is 6.27. The van der Waals surface area contributed by atoms with Crippen LogP contribution in [0, 0.1) is 20.8 Å². The molecule has 3 nitrogen and oxygen atoms in total. The van der Waals surface area contributed by atoms with E-state index in [0.717, 1.165) is 16.9 Å². The predicted molar refractivity (Wildman–Crippen MR) is 95.1 cm³/mol. The summed E-state index contributed by atoms with van der Waals surface area (Å²) in [6.07, 6.45) is 0. The first-order valence-corrected chi connectivity index (χ1v) is 7.84. The van der Waals surface area contributed by atoms with E-state index in [1.807, 2.05) is 6.92 Å². The van der Waals surface area contributed by atoms with E-state index in [2.05, 4.69) is 83.0 Å². The average molecular weight is 301 g/mol. The molecule has 3 heteroatoms. The number of benzene rings is 2. The molecule has 1 N–H and O–H groups in total. The summed E-state index contributed by atoms with van der Waals surface area (Å²) < 4.78 is 2.30. The molecule has 0 aliphatic rings. The van der Waals surface area contributed by atoms with Crippen LogP contribution in [0.25, 0.3) is 27.8 Å². The van der Waals surface area contributed by atoms with Crippen LogP contribution in [0.2, 0.25) is 0 Å². The van der Waals surface area contributed by atoms with E-state index in [0.29, 0.717) is 0 Å². The van der Waals surface area contributed by atoms with Crippen LogP contribution in [0.3, 0.4) is 0 Å². The Balaban J connectivity index is 1.95. The number of nitrogens with one attached hydrogen (secondary N) is 1. The molecular weight excluding hydrogens is 282 g/mol. The Morgan fingerprint density at radius 1 is 0.870 bits per heavy atom. The molecule has 0 saturated carbocycles. The van der Waals surface area contributed by atoms with Crippen LogP contribution < -0.4 is 0 Å². The van der Waals surface area contributed by atoms with Gasteiger partial charge >= 0.3 is 0 Å². The summed E-state index contributed by atoms with van der Waals surface area (Å²) in [5.41, 5.74) is 8.21. The van der Waals surface area contributed by atoms with Crippen molar-refractivity contribution in [3.8, 4) is 16.8 Å². The van der Waals surface area contributed by atoms with Gasteiger partial charge in [0.15, 0.2) is 0 Å². The Morgan fingerprint density at radius 3 is 2.39 bits per heavy atom. The number of hydrogen-bond acceptors (Lipinski definition) is 1. The molecule has 4 aromatic rings. The number of fused-ring (bicyclic) bond motifs is 1. The average Bonchev–Trinajstić information content (AvgIpc) is 3.08. The quantitative estimate of drug-likeness (QED) is 0.558. The van der Waals surface area contributed by atoms with Crippen LogP contribution in [0.1, 0.15) is 17.2 Å². The standard InChI is InChI=1S/C20H19N3/c1-13-8-9-14(2)23(13)20-7-5-4-6-17(20)16-10-11-18-19(12-16)22-15(3)21-18/h4-12H,1-3H3,(H,21,22). The van der Waals surface area contributed by atoms with Crippen LogP contribution in [-0.2, 0) is 0 Å². The normalized spacial score (nSPS) is 11.3. The van der Waals surface area contributed by atoms with Crippen molar-refractivity contribution >= 4 is 11.0 Å². The van der Waals surface area contributed by atoms with Gasteiger partial charge < -0.3 is 9.55 Å². The molecule has 0 spiro atoms. The fraction of sp³-hybridized carbons (Fsp3) is 0.150. The highest BCUT2D eigenvalue weighted by atomic mass is 15.0. The summed E-state index contributed by atoms with van der Waals surface area (Å²) in [5.74, 6) is 0.947. The van der Waals surface area contributed by atoms with E-state index in [9.17, 15) is 0 Å². The molecule has 0 saturated heterocycles. The number of aryl methyl sites for hydroxylation is 3. The van der Waals surface area contributed by atoms with Crippen LogP contribution in [0.15, 0.2) is 54.6 Å². The van der Waals surface area contributed by atoms with Gasteiger partial charge in [-0.25, -0.2) is 4.98 Å². The third-order valence-corrected chi connectivity index (χ3v) is 4.33. The van der Waals surface area contributed by atoms with Crippen molar-refractivity contribution in [2.24, 2.45) is 0 Å². The Kier molecular flexibility index (Phi) is 3.08. The fourth-order valence-corrected chi connectivity index (χ4v) is 3.27. The van der Waals surface area contributed by atoms with Gasteiger partial charge in [-0.05, 0) is 56.7 Å². The maximum absolute atomic E-state index is 4.49. The smallest absolute Gasteiger partial charge is 0.104 e. The molecule has 2 heterocycles. The number of imidazole rings is 1. The second-order valence-electron chi connectivity index (χ2n) is 6.02. The molecule has 2 aromatic heterocycles. The number of rotatable bonds is 2. The number of aromatic nitrogens is 3. The number of para-hydroxylation sites is 1. The lowest BCUT2D eigenvalue weighted by Crippen LogP contribution is -2.00. The monoisotopic (exact) mass is 301 g/mol. The molecule has 0 aliphatic carbocycles. The minimum atomic E-state index is 0.947. The van der Waals surface area contributed by atoms with Crippen molar-refractivity contribution in [1.82, 2.24) is 14.5 Å². The van der Waals surface area contributed by atoms with E-state index in [-0.39, 0.29) is 0 Å². The molecule has 0 aliphatic heterocycles. The van der Waals surface area contributed by atoms with Crippen molar-refractivity contribution in [2.45, 2.75) is 20.8 Å². The van der Waals surface area contributed by atoms with Gasteiger partial charge in [-0.15, -0.1) is 0 Å². The molecule has 0 unspecified atom stereocenters. The second kappa shape index (κ2) is 5.13. The summed E-state index contributed by atoms with van der Waals surface area (Å²) in [5, 5.41) is 0. The van der Waals surface area contributed by atoms with Gasteiger partial charge in [0.2, 0.25) is 0 Å². The topological polar surface area (TPSA) is 33.6 Å². The lowest BCUT2D eigenvalue weighted by molar-refractivity contribution is 0.968. The third kappa shape index (κ3) is 2.25. The summed E-state index contributed by atoms with van der Waals surface area (Å²) >= 11 is 0. The number of hydrogen-bond donors (Lipinski definition) is 1. The molecule has 2 aromatic carbocycles. The largest absolute Gasteiger partial charge is 0.342 e. The Bertz CT molecular complexity index is 985. The molecule has 0 atom stereocenters. The van der Waals surface area contributed by atoms with Gasteiger partial charge in [0.1, 0.15) is 5.82 Å². The molecule has 23 heavy (non-hydrogen) atoms. The number of H-pyrrole nitrogens is 1. The molecule has 0 bridgehead atoms. The van der Waals surface area contributed by atoms with E-state index in [1.54, 1.807) is 0 Å². The van der Waals surface area contributed by atoms with Gasteiger partial charge in [-0.2, -0.15) is 0 Å². The van der Waals surface area contributed by atoms with Gasteiger partial charge in [0, 0.05) is 17.0 Å². The van der Waals surface area contributed by atoms with E-state index < -0.39 is 0 Å². The fourth-order valence-electron chi connectivity index (χ4n) is 3.27. The van der Waals surface area contributed by atoms with Crippen molar-refractivity contribution in [3.63, 3.8) is 0 Å². The van der Waals surface area contributed by atoms with E-state index in [1.165, 1.54) is 28.2 Å². The highest BCUT2D eigenvalue weighted by molar-refractivity contribution is 5.84. The summed E-state index contributed by atoms with van der Waals surface area (Å²) in [7, 11) is 0. The maximum Gasteiger partial charge on any atom is 0.104 e. The minimum Gasteiger partial charge on any atom is -0.342 e. The van der Waals surface area contributed by atoms with Gasteiger partial charge in [-0.1, -0.05) is 24.3 Å². The molecule has 0 fully saturated rings. The Hall–Kier alpha value is -2.81. The summed E-state index contributed by atoms with van der Waals surface area (Å²) in [6, 6.07) is 19.3. The highest BCUT2D eigenvalue weighted by Gasteiger charge is 2.11. The molecule has 0 amide bonds. The van der Waals surface area contributed by atoms with Crippen molar-refractivity contribution in [3.05, 3.63) is 71.8 Å². The predicted octanol–water partition coefficient (Wildman–Crippen LogP) is 4.95. The number of aromatic amines is 1. The molecular formula is C20H19N3. The highest BCUT2D eigenvalue weighted by Crippen LogP contribution is 2.30. The zero-order chi connectivity index (χ0) is 16.0. The second-order valence-corrected chi connectivity index (χ2v) is 6.02. The third-order valence-electron chi connectivity index (χ3n) is 4.33. The first kappa shape index (κ1) is 13.8. The van der Waals surface area contributed by atoms with Gasteiger partial charge in [-0.3, -0.25) is 0 Å². The van der Waals surface area contributed by atoms with Crippen molar-refractivity contribution in [2.75, 3.05) is 0 Å². The van der Waals surface area contributed by atoms with Crippen molar-refractivity contribution < 1.29 is 0 Å². The lowest BCUT2D eigenvalue weighted by Gasteiger charge is -2.15. The first-order chi connectivity index (χ1) is 11.1. The zero-order valence-electron chi connectivity index (χ0n) is 13.6. The number of nitrogens with zero attached hydrogens (tertiary/aromatic N) is 2. The minimum absolute atomic E-state index is 0.947. The maximum atomic E-state index is 4.49. The zero-order valence-corrected chi connectivity index (χ0v) is 13.6.